The fourth-order valence-electron chi connectivity index (χ4n) is 1.22. The average Bonchev–Trinajstić information content (AvgIpc) is 2.25. The van der Waals surface area contributed by atoms with E-state index in [1.165, 1.54) is 25.0 Å². The van der Waals surface area contributed by atoms with Crippen LogP contribution in [0.25, 0.3) is 0 Å². The van der Waals surface area contributed by atoms with E-state index in [-0.39, 0.29) is 0 Å². The number of nitrogens with one attached hydrogen (secondary N) is 1. The molecule has 0 bridgehead atoms. The van der Waals surface area contributed by atoms with Crippen molar-refractivity contribution < 1.29 is 0 Å². The van der Waals surface area contributed by atoms with Crippen molar-refractivity contribution in [1.29, 1.82) is 0 Å². The Labute approximate surface area is 104 Å². The highest BCUT2D eigenvalue weighted by Gasteiger charge is 1.92. The van der Waals surface area contributed by atoms with E-state index >= 15 is 0 Å². The first kappa shape index (κ1) is 15.4. The monoisotopic (exact) mass is 243 g/mol. The summed E-state index contributed by atoms with van der Waals surface area (Å²) in [6.45, 7) is 7.26. The third kappa shape index (κ3) is 11.4. The van der Waals surface area contributed by atoms with Gasteiger partial charge in [0, 0.05) is 6.54 Å². The normalized spacial score (nSPS) is 11.5. The molecule has 0 rings (SSSR count). The van der Waals surface area contributed by atoms with Crippen LogP contribution < -0.4 is 11.1 Å². The van der Waals surface area contributed by atoms with Crippen LogP contribution >= 0.6 is 11.8 Å². The first-order valence-electron chi connectivity index (χ1n) is 5.84. The van der Waals surface area contributed by atoms with Crippen molar-refractivity contribution in [1.82, 2.24) is 5.32 Å². The van der Waals surface area contributed by atoms with Crippen LogP contribution in [-0.4, -0.2) is 31.1 Å². The van der Waals surface area contributed by atoms with Crippen molar-refractivity contribution in [2.75, 3.05) is 25.1 Å². The first-order valence-corrected chi connectivity index (χ1v) is 7.23. The fraction of sp³-hybridized carbons (Fsp3) is 0.750. The lowest BCUT2D eigenvalue weighted by atomic mass is 10.2. The summed E-state index contributed by atoms with van der Waals surface area (Å²) in [7, 11) is 0. The summed E-state index contributed by atoms with van der Waals surface area (Å²) in [4.78, 5) is 4.15. The minimum atomic E-state index is 0.534. The van der Waals surface area contributed by atoms with Crippen molar-refractivity contribution in [2.24, 2.45) is 10.7 Å². The Morgan fingerprint density at radius 2 is 2.00 bits per heavy atom. The van der Waals surface area contributed by atoms with Crippen LogP contribution in [0.1, 0.15) is 32.6 Å². The second kappa shape index (κ2) is 10.9. The minimum absolute atomic E-state index is 0.534. The van der Waals surface area contributed by atoms with E-state index in [2.05, 4.69) is 23.1 Å². The molecule has 3 N–H and O–H groups in total. The zero-order chi connectivity index (χ0) is 12.2. The zero-order valence-electron chi connectivity index (χ0n) is 10.6. The van der Waals surface area contributed by atoms with Gasteiger partial charge in [0.15, 0.2) is 5.96 Å². The second-order valence-electron chi connectivity index (χ2n) is 3.99. The smallest absolute Gasteiger partial charge is 0.188 e. The summed E-state index contributed by atoms with van der Waals surface area (Å²) in [5.41, 5.74) is 6.71. The van der Waals surface area contributed by atoms with Crippen LogP contribution in [0, 0.1) is 0 Å². The zero-order valence-corrected chi connectivity index (χ0v) is 11.4. The Bertz CT molecular complexity index is 214. The van der Waals surface area contributed by atoms with Crippen LogP contribution in [0.4, 0.5) is 0 Å². The molecule has 0 radical (unpaired) electrons. The van der Waals surface area contributed by atoms with Crippen LogP contribution in [0.2, 0.25) is 0 Å². The Morgan fingerprint density at radius 1 is 1.31 bits per heavy atom. The molecule has 0 aliphatic heterocycles. The van der Waals surface area contributed by atoms with E-state index in [0.29, 0.717) is 12.5 Å². The van der Waals surface area contributed by atoms with Crippen molar-refractivity contribution >= 4 is 17.7 Å². The molecule has 0 aliphatic rings. The standard InChI is InChI=1S/C12H25N3S/c1-11(2)10-15-12(13)14-8-6-4-5-7-9-16-3/h1,4-10H2,2-3H3,(H3,13,14,15). The van der Waals surface area contributed by atoms with Gasteiger partial charge in [-0.15, -0.1) is 0 Å². The number of hydrogen-bond donors (Lipinski definition) is 2. The summed E-state index contributed by atoms with van der Waals surface area (Å²) < 4.78 is 0. The van der Waals surface area contributed by atoms with Crippen LogP contribution in [-0.2, 0) is 0 Å². The largest absolute Gasteiger partial charge is 0.370 e. The maximum absolute atomic E-state index is 5.68. The highest BCUT2D eigenvalue weighted by atomic mass is 32.2. The molecule has 3 nitrogen and oxygen atoms in total. The maximum atomic E-state index is 5.68. The Morgan fingerprint density at radius 3 is 2.62 bits per heavy atom. The molecule has 0 aliphatic carbocycles. The molecular weight excluding hydrogens is 218 g/mol. The maximum Gasteiger partial charge on any atom is 0.188 e. The number of nitrogens with two attached hydrogens (primary N) is 1. The Balaban J connectivity index is 3.30. The van der Waals surface area contributed by atoms with Crippen LogP contribution in [0.15, 0.2) is 17.1 Å². The number of thioether (sulfide) groups is 1. The molecule has 0 spiro atoms. The molecule has 94 valence electrons. The number of guanidine groups is 1. The highest BCUT2D eigenvalue weighted by molar-refractivity contribution is 7.98. The lowest BCUT2D eigenvalue weighted by Crippen LogP contribution is -2.32. The summed E-state index contributed by atoms with van der Waals surface area (Å²) in [6.07, 6.45) is 7.21. The molecule has 0 atom stereocenters. The molecule has 0 aromatic rings. The number of hydrogen-bond acceptors (Lipinski definition) is 2. The van der Waals surface area contributed by atoms with Gasteiger partial charge in [-0.25, -0.2) is 4.99 Å². The van der Waals surface area contributed by atoms with Gasteiger partial charge >= 0.3 is 0 Å². The van der Waals surface area contributed by atoms with Gasteiger partial charge in [-0.05, 0) is 31.8 Å². The quantitative estimate of drug-likeness (QED) is 0.283. The van der Waals surface area contributed by atoms with Gasteiger partial charge in [-0.2, -0.15) is 11.8 Å². The van der Waals surface area contributed by atoms with E-state index in [1.54, 1.807) is 0 Å². The molecule has 0 saturated carbocycles. The number of nitrogens with zero attached hydrogens (tertiary/aromatic N) is 1. The summed E-state index contributed by atoms with van der Waals surface area (Å²) in [5, 5.41) is 3.11. The van der Waals surface area contributed by atoms with Gasteiger partial charge in [0.25, 0.3) is 0 Å². The van der Waals surface area contributed by atoms with Crippen molar-refractivity contribution in [3.05, 3.63) is 12.2 Å². The van der Waals surface area contributed by atoms with Gasteiger partial charge in [0.1, 0.15) is 0 Å². The molecule has 0 saturated heterocycles. The fourth-order valence-corrected chi connectivity index (χ4v) is 1.71. The molecule has 0 aromatic carbocycles. The van der Waals surface area contributed by atoms with Crippen LogP contribution in [0.3, 0.4) is 0 Å². The average molecular weight is 243 g/mol. The molecule has 0 heterocycles. The summed E-state index contributed by atoms with van der Waals surface area (Å²) >= 11 is 1.92. The molecule has 16 heavy (non-hydrogen) atoms. The van der Waals surface area contributed by atoms with Crippen molar-refractivity contribution in [3.8, 4) is 0 Å². The SMILES string of the molecule is C=C(C)CN=C(N)NCCCCCCSC. The van der Waals surface area contributed by atoms with Crippen LogP contribution in [0.5, 0.6) is 0 Å². The third-order valence-electron chi connectivity index (χ3n) is 2.10. The molecule has 0 fully saturated rings. The summed E-state index contributed by atoms with van der Waals surface area (Å²) in [6, 6.07) is 0. The molecular formula is C12H25N3S. The molecule has 0 amide bonds. The number of rotatable bonds is 9. The number of unbranched alkanes of at least 4 members (excludes halogenated alkanes) is 3. The van der Waals surface area contributed by atoms with E-state index in [9.17, 15) is 0 Å². The predicted molar refractivity (Wildman–Crippen MR) is 76.2 cm³/mol. The topological polar surface area (TPSA) is 50.4 Å². The van der Waals surface area contributed by atoms with Gasteiger partial charge in [0.05, 0.1) is 6.54 Å². The minimum Gasteiger partial charge on any atom is -0.370 e. The van der Waals surface area contributed by atoms with Gasteiger partial charge < -0.3 is 11.1 Å². The van der Waals surface area contributed by atoms with E-state index in [0.717, 1.165) is 18.5 Å². The lowest BCUT2D eigenvalue weighted by molar-refractivity contribution is 0.655. The lowest BCUT2D eigenvalue weighted by Gasteiger charge is -2.05. The third-order valence-corrected chi connectivity index (χ3v) is 2.80. The van der Waals surface area contributed by atoms with Gasteiger partial charge in [0.2, 0.25) is 0 Å². The van der Waals surface area contributed by atoms with Crippen molar-refractivity contribution in [2.45, 2.75) is 32.6 Å². The number of aliphatic imine (C=N–C) groups is 1. The second-order valence-corrected chi connectivity index (χ2v) is 4.98. The summed E-state index contributed by atoms with van der Waals surface area (Å²) in [5.74, 6) is 1.81. The Hall–Kier alpha value is -0.640. The highest BCUT2D eigenvalue weighted by Crippen LogP contribution is 2.03. The predicted octanol–water partition coefficient (Wildman–Crippen LogP) is 2.39. The Kier molecular flexibility index (Phi) is 10.4. The van der Waals surface area contributed by atoms with E-state index in [4.69, 9.17) is 5.73 Å². The first-order chi connectivity index (χ1) is 7.66. The van der Waals surface area contributed by atoms with E-state index < -0.39 is 0 Å². The van der Waals surface area contributed by atoms with E-state index in [1.807, 2.05) is 18.7 Å². The van der Waals surface area contributed by atoms with Crippen molar-refractivity contribution in [3.63, 3.8) is 0 Å². The van der Waals surface area contributed by atoms with Gasteiger partial charge in [-0.3, -0.25) is 0 Å². The van der Waals surface area contributed by atoms with Gasteiger partial charge in [-0.1, -0.05) is 25.0 Å². The molecule has 0 unspecified atom stereocenters. The molecule has 0 aromatic heterocycles. The molecule has 4 heteroatoms.